The zero-order valence-corrected chi connectivity index (χ0v) is 18.7. The molecule has 164 valence electrons. The molecule has 2 rings (SSSR count). The van der Waals surface area contributed by atoms with Gasteiger partial charge < -0.3 is 15.0 Å². The second kappa shape index (κ2) is 11.4. The van der Waals surface area contributed by atoms with E-state index >= 15 is 0 Å². The van der Waals surface area contributed by atoms with Gasteiger partial charge in [-0.15, -0.1) is 0 Å². The molecule has 1 N–H and O–H groups in total. The Morgan fingerprint density at radius 1 is 0.967 bits per heavy atom. The Morgan fingerprint density at radius 2 is 1.63 bits per heavy atom. The van der Waals surface area contributed by atoms with E-state index in [4.69, 9.17) is 4.74 Å². The van der Waals surface area contributed by atoms with Gasteiger partial charge in [-0.3, -0.25) is 9.10 Å². The summed E-state index contributed by atoms with van der Waals surface area (Å²) < 4.78 is 30.7. The molecule has 0 aliphatic carbocycles. The van der Waals surface area contributed by atoms with E-state index in [-0.39, 0.29) is 18.9 Å². The molecular weight excluding hydrogens is 402 g/mol. The number of para-hydroxylation sites is 1. The first-order valence-electron chi connectivity index (χ1n) is 9.96. The third-order valence-electron chi connectivity index (χ3n) is 4.72. The van der Waals surface area contributed by atoms with Crippen LogP contribution in [0.2, 0.25) is 0 Å². The van der Waals surface area contributed by atoms with Crippen molar-refractivity contribution < 1.29 is 17.9 Å². The molecule has 0 atom stereocenters. The molecule has 2 aromatic rings. The average Bonchev–Trinajstić information content (AvgIpc) is 2.74. The molecule has 30 heavy (non-hydrogen) atoms. The summed E-state index contributed by atoms with van der Waals surface area (Å²) in [7, 11) is 0.144. The first kappa shape index (κ1) is 23.5. The SMILES string of the molecule is COc1ccc(N(CCCC(=O)NCCCN(C)c2ccccc2)S(C)(=O)=O)cc1. The van der Waals surface area contributed by atoms with Crippen LogP contribution in [0.3, 0.4) is 0 Å². The number of carbonyl (C=O) groups excluding carboxylic acids is 1. The topological polar surface area (TPSA) is 79.0 Å². The van der Waals surface area contributed by atoms with Gasteiger partial charge in [0.2, 0.25) is 15.9 Å². The summed E-state index contributed by atoms with van der Waals surface area (Å²) in [4.78, 5) is 14.2. The van der Waals surface area contributed by atoms with Gasteiger partial charge in [0, 0.05) is 38.8 Å². The number of nitrogens with zero attached hydrogens (tertiary/aromatic N) is 2. The van der Waals surface area contributed by atoms with Crippen molar-refractivity contribution >= 4 is 27.3 Å². The van der Waals surface area contributed by atoms with Crippen LogP contribution in [0.1, 0.15) is 19.3 Å². The van der Waals surface area contributed by atoms with Gasteiger partial charge in [-0.05, 0) is 49.2 Å². The predicted octanol–water partition coefficient (Wildman–Crippen LogP) is 2.88. The molecule has 0 saturated carbocycles. The summed E-state index contributed by atoms with van der Waals surface area (Å²) in [5.41, 5.74) is 1.70. The lowest BCUT2D eigenvalue weighted by Gasteiger charge is -2.22. The third kappa shape index (κ3) is 7.59. The predicted molar refractivity (Wildman–Crippen MR) is 122 cm³/mol. The molecule has 0 saturated heterocycles. The molecular formula is C22H31N3O4S. The fraction of sp³-hybridized carbons (Fsp3) is 0.409. The molecule has 0 heterocycles. The van der Waals surface area contributed by atoms with Gasteiger partial charge in [-0.2, -0.15) is 0 Å². The van der Waals surface area contributed by atoms with E-state index < -0.39 is 10.0 Å². The number of anilines is 2. The largest absolute Gasteiger partial charge is 0.497 e. The van der Waals surface area contributed by atoms with Crippen LogP contribution in [0, 0.1) is 0 Å². The lowest BCUT2D eigenvalue weighted by Crippen LogP contribution is -2.32. The minimum atomic E-state index is -3.44. The highest BCUT2D eigenvalue weighted by Gasteiger charge is 2.17. The Bertz CT molecular complexity index is 886. The zero-order chi connectivity index (χ0) is 22.0. The number of benzene rings is 2. The number of hydrogen-bond donors (Lipinski definition) is 1. The van der Waals surface area contributed by atoms with E-state index in [0.29, 0.717) is 24.4 Å². The Balaban J connectivity index is 1.73. The van der Waals surface area contributed by atoms with E-state index in [1.54, 1.807) is 31.4 Å². The van der Waals surface area contributed by atoms with Crippen LogP contribution in [-0.4, -0.2) is 54.4 Å². The van der Waals surface area contributed by atoms with Gasteiger partial charge in [0.1, 0.15) is 5.75 Å². The summed E-state index contributed by atoms with van der Waals surface area (Å²) >= 11 is 0. The van der Waals surface area contributed by atoms with E-state index in [2.05, 4.69) is 22.3 Å². The quantitative estimate of drug-likeness (QED) is 0.521. The minimum absolute atomic E-state index is 0.0689. The van der Waals surface area contributed by atoms with Crippen LogP contribution >= 0.6 is 0 Å². The molecule has 0 fully saturated rings. The molecule has 0 radical (unpaired) electrons. The highest BCUT2D eigenvalue weighted by Crippen LogP contribution is 2.22. The Morgan fingerprint density at radius 3 is 2.23 bits per heavy atom. The lowest BCUT2D eigenvalue weighted by molar-refractivity contribution is -0.121. The van der Waals surface area contributed by atoms with E-state index in [9.17, 15) is 13.2 Å². The molecule has 0 aliphatic heterocycles. The van der Waals surface area contributed by atoms with Crippen molar-refractivity contribution in [1.82, 2.24) is 5.32 Å². The number of methoxy groups -OCH3 is 1. The zero-order valence-electron chi connectivity index (χ0n) is 17.9. The van der Waals surface area contributed by atoms with E-state index in [1.165, 1.54) is 10.6 Å². The van der Waals surface area contributed by atoms with E-state index in [1.807, 2.05) is 25.2 Å². The van der Waals surface area contributed by atoms with Crippen molar-refractivity contribution in [1.29, 1.82) is 0 Å². The lowest BCUT2D eigenvalue weighted by atomic mass is 10.2. The van der Waals surface area contributed by atoms with Gasteiger partial charge in [0.15, 0.2) is 0 Å². The average molecular weight is 434 g/mol. The number of ether oxygens (including phenoxy) is 1. The fourth-order valence-electron chi connectivity index (χ4n) is 3.06. The number of amides is 1. The highest BCUT2D eigenvalue weighted by molar-refractivity contribution is 7.92. The fourth-order valence-corrected chi connectivity index (χ4v) is 4.03. The maximum absolute atomic E-state index is 12.1. The maximum Gasteiger partial charge on any atom is 0.232 e. The smallest absolute Gasteiger partial charge is 0.232 e. The molecule has 0 aromatic heterocycles. The number of carbonyl (C=O) groups is 1. The van der Waals surface area contributed by atoms with Crippen LogP contribution in [0.5, 0.6) is 5.75 Å². The first-order chi connectivity index (χ1) is 14.3. The molecule has 7 nitrogen and oxygen atoms in total. The number of rotatable bonds is 12. The van der Waals surface area contributed by atoms with Gasteiger partial charge in [-0.25, -0.2) is 8.42 Å². The number of sulfonamides is 1. The molecule has 2 aromatic carbocycles. The van der Waals surface area contributed by atoms with E-state index in [0.717, 1.165) is 18.7 Å². The number of hydrogen-bond acceptors (Lipinski definition) is 5. The molecule has 0 unspecified atom stereocenters. The summed E-state index contributed by atoms with van der Waals surface area (Å²) in [5.74, 6) is 0.588. The number of nitrogens with one attached hydrogen (secondary N) is 1. The third-order valence-corrected chi connectivity index (χ3v) is 5.91. The first-order valence-corrected chi connectivity index (χ1v) is 11.8. The minimum Gasteiger partial charge on any atom is -0.497 e. The van der Waals surface area contributed by atoms with Crippen LogP contribution in [0.4, 0.5) is 11.4 Å². The summed E-state index contributed by atoms with van der Waals surface area (Å²) in [6, 6.07) is 16.9. The molecule has 0 bridgehead atoms. The maximum atomic E-state index is 12.1. The van der Waals surface area contributed by atoms with Crippen molar-refractivity contribution in [3.63, 3.8) is 0 Å². The molecule has 1 amide bonds. The molecule has 0 aliphatic rings. The standard InChI is InChI=1S/C22H31N3O4S/c1-24(19-9-5-4-6-10-19)17-8-16-23-22(26)11-7-18-25(30(3,27)28)20-12-14-21(29-2)15-13-20/h4-6,9-10,12-15H,7-8,11,16-18H2,1-3H3,(H,23,26). The summed E-state index contributed by atoms with van der Waals surface area (Å²) in [6.07, 6.45) is 2.71. The van der Waals surface area contributed by atoms with Crippen LogP contribution < -0.4 is 19.3 Å². The van der Waals surface area contributed by atoms with Crippen molar-refractivity contribution in [3.05, 3.63) is 54.6 Å². The van der Waals surface area contributed by atoms with Gasteiger partial charge in [0.05, 0.1) is 19.1 Å². The van der Waals surface area contributed by atoms with Crippen molar-refractivity contribution in [2.24, 2.45) is 0 Å². The molecule has 0 spiro atoms. The van der Waals surface area contributed by atoms with Crippen molar-refractivity contribution in [2.45, 2.75) is 19.3 Å². The Hall–Kier alpha value is -2.74. The normalized spacial score (nSPS) is 11.0. The monoisotopic (exact) mass is 433 g/mol. The Labute approximate surface area is 179 Å². The van der Waals surface area contributed by atoms with Crippen LogP contribution in [-0.2, 0) is 14.8 Å². The van der Waals surface area contributed by atoms with Crippen LogP contribution in [0.15, 0.2) is 54.6 Å². The summed E-state index contributed by atoms with van der Waals surface area (Å²) in [6.45, 7) is 1.67. The van der Waals surface area contributed by atoms with Crippen LogP contribution in [0.25, 0.3) is 0 Å². The molecule has 8 heteroatoms. The Kier molecular flexibility index (Phi) is 8.98. The van der Waals surface area contributed by atoms with Gasteiger partial charge in [-0.1, -0.05) is 18.2 Å². The second-order valence-corrected chi connectivity index (χ2v) is 9.00. The van der Waals surface area contributed by atoms with Crippen molar-refractivity contribution in [2.75, 3.05) is 49.3 Å². The van der Waals surface area contributed by atoms with Gasteiger partial charge >= 0.3 is 0 Å². The highest BCUT2D eigenvalue weighted by atomic mass is 32.2. The van der Waals surface area contributed by atoms with Gasteiger partial charge in [0.25, 0.3) is 0 Å². The van der Waals surface area contributed by atoms with Crippen molar-refractivity contribution in [3.8, 4) is 5.75 Å². The second-order valence-electron chi connectivity index (χ2n) is 7.10. The summed E-state index contributed by atoms with van der Waals surface area (Å²) in [5, 5.41) is 2.91.